The van der Waals surface area contributed by atoms with Crippen molar-refractivity contribution >= 4 is 11.9 Å². The summed E-state index contributed by atoms with van der Waals surface area (Å²) in [6.45, 7) is -0.173. The number of hydrogen-bond acceptors (Lipinski definition) is 5. The number of hydrogen-bond donors (Lipinski definition) is 1. The Morgan fingerprint density at radius 2 is 2.08 bits per heavy atom. The first kappa shape index (κ1) is 17.0. The molecule has 8 nitrogen and oxygen atoms in total. The molecule has 0 aliphatic carbocycles. The summed E-state index contributed by atoms with van der Waals surface area (Å²) in [5, 5.41) is 22.5. The second-order valence-electron chi connectivity index (χ2n) is 5.24. The molecule has 1 heterocycles. The average molecular weight is 328 g/mol. The SMILES string of the molecule is CN(C)C(=O)COc1ccc(-c2cc(C(=O)O)n(C)n2)cc1C#N. The number of carboxylic acids is 1. The quantitative estimate of drug-likeness (QED) is 0.881. The van der Waals surface area contributed by atoms with Crippen molar-refractivity contribution in [3.05, 3.63) is 35.5 Å². The van der Waals surface area contributed by atoms with E-state index >= 15 is 0 Å². The smallest absolute Gasteiger partial charge is 0.354 e. The van der Waals surface area contributed by atoms with Gasteiger partial charge in [0.15, 0.2) is 6.61 Å². The van der Waals surface area contributed by atoms with Gasteiger partial charge in [0.25, 0.3) is 5.91 Å². The zero-order valence-corrected chi connectivity index (χ0v) is 13.5. The van der Waals surface area contributed by atoms with Gasteiger partial charge < -0.3 is 14.7 Å². The maximum atomic E-state index is 11.6. The Hall–Kier alpha value is -3.34. The van der Waals surface area contributed by atoms with Crippen molar-refractivity contribution in [3.63, 3.8) is 0 Å². The third kappa shape index (κ3) is 3.52. The van der Waals surface area contributed by atoms with Gasteiger partial charge >= 0.3 is 5.97 Å². The Kier molecular flexibility index (Phi) is 4.84. The van der Waals surface area contributed by atoms with Gasteiger partial charge in [-0.25, -0.2) is 4.79 Å². The highest BCUT2D eigenvalue weighted by Gasteiger charge is 2.15. The van der Waals surface area contributed by atoms with E-state index in [2.05, 4.69) is 5.10 Å². The zero-order chi connectivity index (χ0) is 17.9. The lowest BCUT2D eigenvalue weighted by Gasteiger charge is -2.12. The molecular formula is C16H16N4O4. The van der Waals surface area contributed by atoms with Crippen molar-refractivity contribution in [3.8, 4) is 23.1 Å². The summed E-state index contributed by atoms with van der Waals surface area (Å²) in [5.41, 5.74) is 1.30. The van der Waals surface area contributed by atoms with Gasteiger partial charge in [0.2, 0.25) is 0 Å². The third-order valence-electron chi connectivity index (χ3n) is 3.34. The number of aromatic nitrogens is 2. The van der Waals surface area contributed by atoms with Gasteiger partial charge in [0.05, 0.1) is 11.3 Å². The summed E-state index contributed by atoms with van der Waals surface area (Å²) in [6, 6.07) is 8.19. The minimum Gasteiger partial charge on any atom is -0.482 e. The zero-order valence-electron chi connectivity index (χ0n) is 13.5. The predicted molar refractivity (Wildman–Crippen MR) is 84.5 cm³/mol. The Morgan fingerprint density at radius 1 is 1.38 bits per heavy atom. The Balaban J connectivity index is 2.29. The second kappa shape index (κ2) is 6.83. The van der Waals surface area contributed by atoms with Crippen LogP contribution in [0.25, 0.3) is 11.3 Å². The number of amides is 1. The van der Waals surface area contributed by atoms with Gasteiger partial charge in [-0.1, -0.05) is 0 Å². The number of benzene rings is 1. The number of carboxylic acid groups (broad SMARTS) is 1. The van der Waals surface area contributed by atoms with Crippen LogP contribution in [0.5, 0.6) is 5.75 Å². The monoisotopic (exact) mass is 328 g/mol. The van der Waals surface area contributed by atoms with Crippen molar-refractivity contribution in [2.45, 2.75) is 0 Å². The van der Waals surface area contributed by atoms with Crippen LogP contribution in [0.2, 0.25) is 0 Å². The average Bonchev–Trinajstić information content (AvgIpc) is 2.94. The van der Waals surface area contributed by atoms with Crippen LogP contribution in [0.4, 0.5) is 0 Å². The molecule has 0 atom stereocenters. The fraction of sp³-hybridized carbons (Fsp3) is 0.250. The van der Waals surface area contributed by atoms with Crippen molar-refractivity contribution in [2.75, 3.05) is 20.7 Å². The molecule has 0 aliphatic heterocycles. The van der Waals surface area contributed by atoms with Gasteiger partial charge in [-0.15, -0.1) is 0 Å². The van der Waals surface area contributed by atoms with Crippen LogP contribution < -0.4 is 4.74 Å². The molecule has 2 rings (SSSR count). The van der Waals surface area contributed by atoms with Crippen LogP contribution in [-0.4, -0.2) is 52.4 Å². The predicted octanol–water partition coefficient (Wildman–Crippen LogP) is 1.12. The molecule has 0 unspecified atom stereocenters. The molecule has 0 radical (unpaired) electrons. The highest BCUT2D eigenvalue weighted by Crippen LogP contribution is 2.26. The number of ether oxygens (including phenoxy) is 1. The Labute approximate surface area is 138 Å². The summed E-state index contributed by atoms with van der Waals surface area (Å²) in [7, 11) is 4.75. The first-order valence-corrected chi connectivity index (χ1v) is 6.98. The van der Waals surface area contributed by atoms with E-state index in [0.29, 0.717) is 11.3 Å². The van der Waals surface area contributed by atoms with Crippen molar-refractivity contribution in [1.82, 2.24) is 14.7 Å². The number of likely N-dealkylation sites (N-methyl/N-ethyl adjacent to an activating group) is 1. The van der Waals surface area contributed by atoms with E-state index in [-0.39, 0.29) is 29.5 Å². The van der Waals surface area contributed by atoms with E-state index < -0.39 is 5.97 Å². The standard InChI is InChI=1S/C16H16N4O4/c1-19(2)15(21)9-24-14-5-4-10(6-11(14)8-17)12-7-13(16(22)23)20(3)18-12/h4-7H,9H2,1-3H3,(H,22,23). The molecule has 0 aliphatic rings. The van der Waals surface area contributed by atoms with Gasteiger partial charge in [-0.05, 0) is 24.3 Å². The minimum atomic E-state index is -1.08. The van der Waals surface area contributed by atoms with Crippen LogP contribution >= 0.6 is 0 Å². The Bertz CT molecular complexity index is 833. The van der Waals surface area contributed by atoms with E-state index in [4.69, 9.17) is 9.84 Å². The molecule has 124 valence electrons. The van der Waals surface area contributed by atoms with Gasteiger partial charge in [-0.2, -0.15) is 10.4 Å². The van der Waals surface area contributed by atoms with Crippen molar-refractivity contribution in [2.24, 2.45) is 7.05 Å². The van der Waals surface area contributed by atoms with Crippen molar-refractivity contribution < 1.29 is 19.4 Å². The molecule has 2 aromatic rings. The normalized spacial score (nSPS) is 10.1. The molecule has 1 aromatic carbocycles. The van der Waals surface area contributed by atoms with E-state index in [1.807, 2.05) is 6.07 Å². The number of carbonyl (C=O) groups is 2. The summed E-state index contributed by atoms with van der Waals surface area (Å²) < 4.78 is 6.63. The van der Waals surface area contributed by atoms with Gasteiger partial charge in [0, 0.05) is 26.7 Å². The maximum absolute atomic E-state index is 11.6. The lowest BCUT2D eigenvalue weighted by molar-refractivity contribution is -0.130. The number of nitriles is 1. The largest absolute Gasteiger partial charge is 0.482 e. The molecule has 8 heteroatoms. The highest BCUT2D eigenvalue weighted by molar-refractivity contribution is 5.87. The maximum Gasteiger partial charge on any atom is 0.354 e. The molecule has 0 spiro atoms. The van der Waals surface area contributed by atoms with E-state index in [9.17, 15) is 14.9 Å². The summed E-state index contributed by atoms with van der Waals surface area (Å²) >= 11 is 0. The fourth-order valence-corrected chi connectivity index (χ4v) is 1.98. The van der Waals surface area contributed by atoms with Crippen LogP contribution in [0, 0.1) is 11.3 Å². The molecule has 0 fully saturated rings. The Morgan fingerprint density at radius 3 is 2.62 bits per heavy atom. The van der Waals surface area contributed by atoms with Crippen molar-refractivity contribution in [1.29, 1.82) is 5.26 Å². The molecule has 1 N–H and O–H groups in total. The first-order chi connectivity index (χ1) is 11.3. The van der Waals surface area contributed by atoms with Crippen LogP contribution in [-0.2, 0) is 11.8 Å². The fourth-order valence-electron chi connectivity index (χ4n) is 1.98. The molecule has 0 saturated carbocycles. The molecule has 0 saturated heterocycles. The molecular weight excluding hydrogens is 312 g/mol. The minimum absolute atomic E-state index is 0.0420. The summed E-state index contributed by atoms with van der Waals surface area (Å²) in [4.78, 5) is 24.0. The number of aryl methyl sites for hydroxylation is 1. The number of rotatable bonds is 5. The number of carbonyl (C=O) groups excluding carboxylic acids is 1. The van der Waals surface area contributed by atoms with Crippen LogP contribution in [0.1, 0.15) is 16.1 Å². The number of aromatic carboxylic acids is 1. The molecule has 24 heavy (non-hydrogen) atoms. The van der Waals surface area contributed by atoms with Crippen LogP contribution in [0.15, 0.2) is 24.3 Å². The van der Waals surface area contributed by atoms with E-state index in [1.54, 1.807) is 32.3 Å². The second-order valence-corrected chi connectivity index (χ2v) is 5.24. The summed E-state index contributed by atoms with van der Waals surface area (Å²) in [6.07, 6.45) is 0. The van der Waals surface area contributed by atoms with E-state index in [0.717, 1.165) is 0 Å². The number of nitrogens with zero attached hydrogens (tertiary/aromatic N) is 4. The summed E-state index contributed by atoms with van der Waals surface area (Å²) in [5.74, 6) is -1.02. The molecule has 1 amide bonds. The molecule has 1 aromatic heterocycles. The van der Waals surface area contributed by atoms with Crippen LogP contribution in [0.3, 0.4) is 0 Å². The topological polar surface area (TPSA) is 108 Å². The lowest BCUT2D eigenvalue weighted by Crippen LogP contribution is -2.27. The molecule has 0 bridgehead atoms. The van der Waals surface area contributed by atoms with Gasteiger partial charge in [0.1, 0.15) is 17.5 Å². The van der Waals surface area contributed by atoms with Gasteiger partial charge in [-0.3, -0.25) is 9.48 Å². The lowest BCUT2D eigenvalue weighted by atomic mass is 10.1. The third-order valence-corrected chi connectivity index (χ3v) is 3.34. The first-order valence-electron chi connectivity index (χ1n) is 6.98. The van der Waals surface area contributed by atoms with E-state index in [1.165, 1.54) is 22.7 Å². The highest BCUT2D eigenvalue weighted by atomic mass is 16.5.